The van der Waals surface area contributed by atoms with Gasteiger partial charge in [0.2, 0.25) is 5.91 Å². The predicted octanol–water partition coefficient (Wildman–Crippen LogP) is 3.74. The van der Waals surface area contributed by atoms with Gasteiger partial charge in [-0.3, -0.25) is 4.79 Å². The molecular formula is C21H26N4OS. The second-order valence-electron chi connectivity index (χ2n) is 7.64. The van der Waals surface area contributed by atoms with Gasteiger partial charge in [-0.2, -0.15) is 0 Å². The van der Waals surface area contributed by atoms with Crippen molar-refractivity contribution in [3.8, 4) is 0 Å². The molecule has 1 aliphatic carbocycles. The number of rotatable bonds is 5. The number of amides is 1. The Kier molecular flexibility index (Phi) is 5.34. The highest BCUT2D eigenvalue weighted by Crippen LogP contribution is 2.30. The number of nitrogens with one attached hydrogen (secondary N) is 1. The maximum Gasteiger partial charge on any atom is 0.223 e. The maximum atomic E-state index is 12.2. The van der Waals surface area contributed by atoms with E-state index in [9.17, 15) is 4.79 Å². The third kappa shape index (κ3) is 4.61. The lowest BCUT2D eigenvalue weighted by Crippen LogP contribution is -2.41. The Hall–Kier alpha value is -2.08. The standard InChI is InChI=1S/C21H26N4OS/c1-14-3-4-15(2)18(13-14)27-20-8-7-19(23-24-20)25-11-9-16(10-12-25)21(26)22-17-5-6-17/h3-4,7-8,13,16-17H,5-6,9-12H2,1-2H3,(H,22,26). The van der Waals surface area contributed by atoms with E-state index in [2.05, 4.69) is 52.5 Å². The fourth-order valence-electron chi connectivity index (χ4n) is 3.38. The molecule has 1 saturated heterocycles. The Morgan fingerprint density at radius 1 is 1.07 bits per heavy atom. The van der Waals surface area contributed by atoms with Crippen LogP contribution in [0.1, 0.15) is 36.8 Å². The van der Waals surface area contributed by atoms with Crippen molar-refractivity contribution < 1.29 is 4.79 Å². The summed E-state index contributed by atoms with van der Waals surface area (Å²) >= 11 is 1.65. The zero-order valence-corrected chi connectivity index (χ0v) is 16.8. The first-order valence-corrected chi connectivity index (χ1v) is 10.5. The number of anilines is 1. The Morgan fingerprint density at radius 3 is 2.52 bits per heavy atom. The van der Waals surface area contributed by atoms with E-state index in [1.54, 1.807) is 11.8 Å². The van der Waals surface area contributed by atoms with E-state index in [0.29, 0.717) is 6.04 Å². The maximum absolute atomic E-state index is 12.2. The molecule has 2 aromatic rings. The normalized spacial score (nSPS) is 17.8. The van der Waals surface area contributed by atoms with Crippen molar-refractivity contribution in [2.24, 2.45) is 5.92 Å². The molecule has 2 heterocycles. The summed E-state index contributed by atoms with van der Waals surface area (Å²) in [6.07, 6.45) is 4.07. The largest absolute Gasteiger partial charge is 0.355 e. The van der Waals surface area contributed by atoms with Crippen molar-refractivity contribution in [3.05, 3.63) is 41.5 Å². The van der Waals surface area contributed by atoms with E-state index in [4.69, 9.17) is 0 Å². The van der Waals surface area contributed by atoms with Gasteiger partial charge in [-0.05, 0) is 68.9 Å². The number of aryl methyl sites for hydroxylation is 2. The zero-order chi connectivity index (χ0) is 18.8. The summed E-state index contributed by atoms with van der Waals surface area (Å²) in [6, 6.07) is 11.0. The van der Waals surface area contributed by atoms with Crippen molar-refractivity contribution >= 4 is 23.5 Å². The first-order valence-electron chi connectivity index (χ1n) is 9.72. The fourth-order valence-corrected chi connectivity index (χ4v) is 4.30. The molecule has 0 radical (unpaired) electrons. The quantitative estimate of drug-likeness (QED) is 0.854. The number of carbonyl (C=O) groups is 1. The van der Waals surface area contributed by atoms with Gasteiger partial charge in [0, 0.05) is 29.9 Å². The summed E-state index contributed by atoms with van der Waals surface area (Å²) in [4.78, 5) is 15.7. The van der Waals surface area contributed by atoms with Crippen molar-refractivity contribution in [1.29, 1.82) is 0 Å². The summed E-state index contributed by atoms with van der Waals surface area (Å²) in [6.45, 7) is 5.95. The van der Waals surface area contributed by atoms with Gasteiger partial charge in [0.1, 0.15) is 5.03 Å². The molecule has 1 aromatic carbocycles. The third-order valence-corrected chi connectivity index (χ3v) is 6.38. The average Bonchev–Trinajstić information content (AvgIpc) is 3.49. The van der Waals surface area contributed by atoms with Gasteiger partial charge in [0.05, 0.1) is 0 Å². The molecule has 1 aromatic heterocycles. The van der Waals surface area contributed by atoms with Gasteiger partial charge in [0.25, 0.3) is 0 Å². The van der Waals surface area contributed by atoms with Gasteiger partial charge < -0.3 is 10.2 Å². The number of hydrogen-bond donors (Lipinski definition) is 1. The molecule has 142 valence electrons. The predicted molar refractivity (Wildman–Crippen MR) is 108 cm³/mol. The monoisotopic (exact) mass is 382 g/mol. The number of piperidine rings is 1. The van der Waals surface area contributed by atoms with Gasteiger partial charge in [-0.1, -0.05) is 23.9 Å². The molecule has 6 heteroatoms. The van der Waals surface area contributed by atoms with Crippen LogP contribution in [0.25, 0.3) is 0 Å². The highest BCUT2D eigenvalue weighted by atomic mass is 32.2. The summed E-state index contributed by atoms with van der Waals surface area (Å²) in [5, 5.41) is 12.9. The van der Waals surface area contributed by atoms with Gasteiger partial charge >= 0.3 is 0 Å². The molecule has 1 amide bonds. The van der Waals surface area contributed by atoms with Crippen molar-refractivity contribution in [2.75, 3.05) is 18.0 Å². The van der Waals surface area contributed by atoms with Crippen LogP contribution in [-0.4, -0.2) is 35.2 Å². The minimum Gasteiger partial charge on any atom is -0.355 e. The molecule has 5 nitrogen and oxygen atoms in total. The number of hydrogen-bond acceptors (Lipinski definition) is 5. The highest BCUT2D eigenvalue weighted by Gasteiger charge is 2.30. The summed E-state index contributed by atoms with van der Waals surface area (Å²) < 4.78 is 0. The molecule has 1 aliphatic heterocycles. The molecule has 0 spiro atoms. The lowest BCUT2D eigenvalue weighted by molar-refractivity contribution is -0.125. The van der Waals surface area contributed by atoms with E-state index in [1.807, 2.05) is 12.1 Å². The molecule has 4 rings (SSSR count). The van der Waals surface area contributed by atoms with Crippen LogP contribution < -0.4 is 10.2 Å². The van der Waals surface area contributed by atoms with E-state index >= 15 is 0 Å². The Balaban J connectivity index is 1.34. The van der Waals surface area contributed by atoms with E-state index in [1.165, 1.54) is 16.0 Å². The zero-order valence-electron chi connectivity index (χ0n) is 15.9. The number of nitrogens with zero attached hydrogens (tertiary/aromatic N) is 3. The van der Waals surface area contributed by atoms with Crippen LogP contribution in [0.5, 0.6) is 0 Å². The lowest BCUT2D eigenvalue weighted by Gasteiger charge is -2.31. The van der Waals surface area contributed by atoms with Gasteiger partial charge in [-0.15, -0.1) is 10.2 Å². The van der Waals surface area contributed by atoms with E-state index in [0.717, 1.165) is 49.6 Å². The van der Waals surface area contributed by atoms with Crippen LogP contribution in [0.15, 0.2) is 40.3 Å². The Bertz CT molecular complexity index is 811. The van der Waals surface area contributed by atoms with Crippen LogP contribution in [0, 0.1) is 19.8 Å². The lowest BCUT2D eigenvalue weighted by atomic mass is 9.96. The number of benzene rings is 1. The Labute approximate surface area is 164 Å². The minimum atomic E-state index is 0.147. The molecular weight excluding hydrogens is 356 g/mol. The van der Waals surface area contributed by atoms with Crippen LogP contribution in [0.3, 0.4) is 0 Å². The van der Waals surface area contributed by atoms with Crippen LogP contribution in [-0.2, 0) is 4.79 Å². The number of carbonyl (C=O) groups excluding carboxylic acids is 1. The second kappa shape index (κ2) is 7.89. The van der Waals surface area contributed by atoms with E-state index in [-0.39, 0.29) is 11.8 Å². The fraction of sp³-hybridized carbons (Fsp3) is 0.476. The highest BCUT2D eigenvalue weighted by molar-refractivity contribution is 7.99. The molecule has 2 fully saturated rings. The Morgan fingerprint density at radius 2 is 1.85 bits per heavy atom. The first kappa shape index (κ1) is 18.3. The first-order chi connectivity index (χ1) is 13.1. The molecule has 2 aliphatic rings. The SMILES string of the molecule is Cc1ccc(C)c(Sc2ccc(N3CCC(C(=O)NC4CC4)CC3)nn2)c1. The average molecular weight is 383 g/mol. The number of aromatic nitrogens is 2. The molecule has 1 N–H and O–H groups in total. The minimum absolute atomic E-state index is 0.147. The molecule has 27 heavy (non-hydrogen) atoms. The molecule has 0 bridgehead atoms. The molecule has 0 unspecified atom stereocenters. The molecule has 1 saturated carbocycles. The van der Waals surface area contributed by atoms with Crippen LogP contribution in [0.2, 0.25) is 0 Å². The summed E-state index contributed by atoms with van der Waals surface area (Å²) in [5.41, 5.74) is 2.50. The van der Waals surface area contributed by atoms with Crippen molar-refractivity contribution in [2.45, 2.75) is 55.5 Å². The van der Waals surface area contributed by atoms with Crippen LogP contribution in [0.4, 0.5) is 5.82 Å². The summed E-state index contributed by atoms with van der Waals surface area (Å²) in [7, 11) is 0. The molecule has 0 atom stereocenters. The smallest absolute Gasteiger partial charge is 0.223 e. The second-order valence-corrected chi connectivity index (χ2v) is 8.71. The van der Waals surface area contributed by atoms with Crippen LogP contribution >= 0.6 is 11.8 Å². The van der Waals surface area contributed by atoms with Gasteiger partial charge in [-0.25, -0.2) is 0 Å². The van der Waals surface area contributed by atoms with Crippen molar-refractivity contribution in [1.82, 2.24) is 15.5 Å². The summed E-state index contributed by atoms with van der Waals surface area (Å²) in [5.74, 6) is 1.29. The van der Waals surface area contributed by atoms with Gasteiger partial charge in [0.15, 0.2) is 5.82 Å². The van der Waals surface area contributed by atoms with Crippen molar-refractivity contribution in [3.63, 3.8) is 0 Å². The topological polar surface area (TPSA) is 58.1 Å². The third-order valence-electron chi connectivity index (χ3n) is 5.30. The van der Waals surface area contributed by atoms with E-state index < -0.39 is 0 Å².